The van der Waals surface area contributed by atoms with Crippen LogP contribution in [0.3, 0.4) is 0 Å². The molecule has 106 valence electrons. The lowest BCUT2D eigenvalue weighted by atomic mass is 10.0. The Morgan fingerprint density at radius 2 is 2.05 bits per heavy atom. The number of rotatable bonds is 5. The summed E-state index contributed by atoms with van der Waals surface area (Å²) in [6, 6.07) is 3.65. The van der Waals surface area contributed by atoms with E-state index in [9.17, 15) is 10.2 Å². The van der Waals surface area contributed by atoms with E-state index in [1.165, 1.54) is 7.11 Å². The van der Waals surface area contributed by atoms with Crippen LogP contribution in [-0.2, 0) is 6.54 Å². The molecule has 0 bridgehead atoms. The number of hydrogen-bond donors (Lipinski definition) is 3. The minimum absolute atomic E-state index is 0.112. The quantitative estimate of drug-likeness (QED) is 0.777. The van der Waals surface area contributed by atoms with Gasteiger partial charge in [0.05, 0.1) is 17.2 Å². The predicted molar refractivity (Wildman–Crippen MR) is 77.5 cm³/mol. The first kappa shape index (κ1) is 14.6. The summed E-state index contributed by atoms with van der Waals surface area (Å²) in [4.78, 5) is 0. The van der Waals surface area contributed by atoms with Crippen molar-refractivity contribution in [3.05, 3.63) is 22.2 Å². The van der Waals surface area contributed by atoms with Crippen molar-refractivity contribution >= 4 is 15.9 Å². The van der Waals surface area contributed by atoms with Gasteiger partial charge in [-0.2, -0.15) is 0 Å². The summed E-state index contributed by atoms with van der Waals surface area (Å²) in [6.07, 6.45) is 3.97. The number of benzene rings is 1. The fraction of sp³-hybridized carbons (Fsp3) is 0.571. The Labute approximate surface area is 121 Å². The van der Waals surface area contributed by atoms with Crippen LogP contribution in [0.1, 0.15) is 31.2 Å². The van der Waals surface area contributed by atoms with Gasteiger partial charge < -0.3 is 20.3 Å². The van der Waals surface area contributed by atoms with Crippen LogP contribution in [0.15, 0.2) is 16.6 Å². The average molecular weight is 330 g/mol. The molecule has 0 aromatic heterocycles. The summed E-state index contributed by atoms with van der Waals surface area (Å²) < 4.78 is 5.72. The highest BCUT2D eigenvalue weighted by molar-refractivity contribution is 9.10. The largest absolute Gasteiger partial charge is 0.503 e. The van der Waals surface area contributed by atoms with E-state index in [-0.39, 0.29) is 5.75 Å². The zero-order valence-corrected chi connectivity index (χ0v) is 12.7. The fourth-order valence-corrected chi connectivity index (χ4v) is 3.02. The molecule has 0 unspecified atom stereocenters. The summed E-state index contributed by atoms with van der Waals surface area (Å²) in [5.41, 5.74) is 0.459. The smallest absolute Gasteiger partial charge is 0.172 e. The molecular formula is C14H20BrNO3. The van der Waals surface area contributed by atoms with Gasteiger partial charge in [0.25, 0.3) is 0 Å². The van der Waals surface area contributed by atoms with Crippen molar-refractivity contribution in [2.45, 2.75) is 37.8 Å². The number of ether oxygens (including phenoxy) is 1. The molecule has 0 atom stereocenters. The molecule has 5 heteroatoms. The highest BCUT2D eigenvalue weighted by Gasteiger charge is 2.30. The number of hydrogen-bond acceptors (Lipinski definition) is 4. The van der Waals surface area contributed by atoms with Gasteiger partial charge in [0.15, 0.2) is 11.5 Å². The van der Waals surface area contributed by atoms with Gasteiger partial charge in [-0.25, -0.2) is 0 Å². The molecule has 1 saturated carbocycles. The minimum Gasteiger partial charge on any atom is -0.503 e. The molecule has 1 aromatic carbocycles. The maximum absolute atomic E-state index is 10.2. The van der Waals surface area contributed by atoms with Gasteiger partial charge in [0.2, 0.25) is 0 Å². The van der Waals surface area contributed by atoms with E-state index in [1.807, 2.05) is 6.07 Å². The fourth-order valence-electron chi connectivity index (χ4n) is 2.53. The van der Waals surface area contributed by atoms with E-state index in [0.29, 0.717) is 23.3 Å². The number of phenols is 1. The maximum atomic E-state index is 10.2. The second kappa shape index (κ2) is 6.11. The van der Waals surface area contributed by atoms with Crippen molar-refractivity contribution in [3.63, 3.8) is 0 Å². The zero-order valence-electron chi connectivity index (χ0n) is 11.1. The molecule has 0 saturated heterocycles. The molecule has 19 heavy (non-hydrogen) atoms. The first-order valence-corrected chi connectivity index (χ1v) is 7.32. The Balaban J connectivity index is 1.94. The van der Waals surface area contributed by atoms with E-state index in [0.717, 1.165) is 31.2 Å². The van der Waals surface area contributed by atoms with Gasteiger partial charge >= 0.3 is 0 Å². The van der Waals surface area contributed by atoms with E-state index in [2.05, 4.69) is 21.2 Å². The number of halogens is 1. The molecule has 1 aromatic rings. The molecule has 0 aliphatic heterocycles. The molecule has 4 nitrogen and oxygen atoms in total. The van der Waals surface area contributed by atoms with Crippen molar-refractivity contribution in [2.24, 2.45) is 0 Å². The molecule has 2 rings (SSSR count). The van der Waals surface area contributed by atoms with E-state index in [4.69, 9.17) is 4.74 Å². The lowest BCUT2D eigenvalue weighted by Gasteiger charge is -2.22. The SMILES string of the molecule is COc1cc(CNCC2(O)CCCC2)cc(Br)c1O. The second-order valence-electron chi connectivity index (χ2n) is 5.16. The number of nitrogens with one attached hydrogen (secondary N) is 1. The Kier molecular flexibility index (Phi) is 4.71. The third kappa shape index (κ3) is 3.61. The Hall–Kier alpha value is -0.780. The summed E-state index contributed by atoms with van der Waals surface area (Å²) in [5, 5.41) is 23.2. The topological polar surface area (TPSA) is 61.7 Å². The van der Waals surface area contributed by atoms with E-state index < -0.39 is 5.60 Å². The highest BCUT2D eigenvalue weighted by atomic mass is 79.9. The molecule has 0 amide bonds. The maximum Gasteiger partial charge on any atom is 0.172 e. The van der Waals surface area contributed by atoms with Crippen LogP contribution < -0.4 is 10.1 Å². The summed E-state index contributed by atoms with van der Waals surface area (Å²) >= 11 is 3.30. The van der Waals surface area contributed by atoms with Gasteiger partial charge in [-0.1, -0.05) is 12.8 Å². The number of aromatic hydroxyl groups is 1. The highest BCUT2D eigenvalue weighted by Crippen LogP contribution is 2.35. The minimum atomic E-state index is -0.543. The average Bonchev–Trinajstić information content (AvgIpc) is 2.80. The number of phenolic OH excluding ortho intramolecular Hbond substituents is 1. The summed E-state index contributed by atoms with van der Waals surface area (Å²) in [7, 11) is 1.53. The lowest BCUT2D eigenvalue weighted by Crippen LogP contribution is -2.37. The van der Waals surface area contributed by atoms with Crippen molar-refractivity contribution in [1.82, 2.24) is 5.32 Å². The standard InChI is InChI=1S/C14H20BrNO3/c1-19-12-7-10(6-11(15)13(12)17)8-16-9-14(18)4-2-3-5-14/h6-7,16-18H,2-5,8-9H2,1H3. The van der Waals surface area contributed by atoms with Crippen LogP contribution in [0.5, 0.6) is 11.5 Å². The van der Waals surface area contributed by atoms with Crippen LogP contribution in [0.25, 0.3) is 0 Å². The Bertz CT molecular complexity index is 445. The molecule has 0 spiro atoms. The van der Waals surface area contributed by atoms with Gasteiger partial charge in [-0.3, -0.25) is 0 Å². The lowest BCUT2D eigenvalue weighted by molar-refractivity contribution is 0.0475. The third-order valence-corrected chi connectivity index (χ3v) is 4.23. The second-order valence-corrected chi connectivity index (χ2v) is 6.02. The number of methoxy groups -OCH3 is 1. The van der Waals surface area contributed by atoms with Gasteiger partial charge in [0.1, 0.15) is 0 Å². The van der Waals surface area contributed by atoms with Crippen LogP contribution in [0, 0.1) is 0 Å². The Morgan fingerprint density at radius 1 is 1.37 bits per heavy atom. The van der Waals surface area contributed by atoms with Crippen molar-refractivity contribution in [1.29, 1.82) is 0 Å². The Morgan fingerprint density at radius 3 is 2.68 bits per heavy atom. The molecule has 1 aliphatic rings. The van der Waals surface area contributed by atoms with Gasteiger partial charge in [-0.05, 0) is 46.5 Å². The normalized spacial score (nSPS) is 17.6. The molecular weight excluding hydrogens is 310 g/mol. The van der Waals surface area contributed by atoms with Gasteiger partial charge in [-0.15, -0.1) is 0 Å². The van der Waals surface area contributed by atoms with Crippen molar-refractivity contribution in [3.8, 4) is 11.5 Å². The van der Waals surface area contributed by atoms with Crippen LogP contribution in [-0.4, -0.2) is 29.5 Å². The predicted octanol–water partition coefficient (Wildman–Crippen LogP) is 2.56. The molecule has 0 radical (unpaired) electrons. The molecule has 0 heterocycles. The molecule has 1 aliphatic carbocycles. The van der Waals surface area contributed by atoms with Crippen molar-refractivity contribution < 1.29 is 14.9 Å². The van der Waals surface area contributed by atoms with Crippen LogP contribution in [0.4, 0.5) is 0 Å². The first-order valence-electron chi connectivity index (χ1n) is 6.52. The molecule has 1 fully saturated rings. The van der Waals surface area contributed by atoms with E-state index >= 15 is 0 Å². The monoisotopic (exact) mass is 329 g/mol. The summed E-state index contributed by atoms with van der Waals surface area (Å²) in [6.45, 7) is 1.24. The summed E-state index contributed by atoms with van der Waals surface area (Å²) in [5.74, 6) is 0.562. The van der Waals surface area contributed by atoms with E-state index in [1.54, 1.807) is 6.07 Å². The van der Waals surface area contributed by atoms with Gasteiger partial charge in [0, 0.05) is 13.1 Å². The van der Waals surface area contributed by atoms with Crippen LogP contribution >= 0.6 is 15.9 Å². The zero-order chi connectivity index (χ0) is 13.9. The first-order chi connectivity index (χ1) is 9.04. The number of aliphatic hydroxyl groups is 1. The van der Waals surface area contributed by atoms with Crippen LogP contribution in [0.2, 0.25) is 0 Å². The third-order valence-electron chi connectivity index (χ3n) is 3.63. The van der Waals surface area contributed by atoms with Crippen molar-refractivity contribution in [2.75, 3.05) is 13.7 Å². The molecule has 3 N–H and O–H groups in total.